The highest BCUT2D eigenvalue weighted by molar-refractivity contribution is 5.83. The van der Waals surface area contributed by atoms with Gasteiger partial charge in [-0.15, -0.1) is 12.8 Å². The van der Waals surface area contributed by atoms with Crippen molar-refractivity contribution in [3.63, 3.8) is 0 Å². The van der Waals surface area contributed by atoms with E-state index < -0.39 is 0 Å². The highest BCUT2D eigenvalue weighted by atomic mass is 16.3. The standard InChI is InChI=1S/C26H26N2O2.C2H2/c1-19-13-14-23(30-19)15-16-26(29)28-18-25(22-11-7-4-8-12-22)27-24(20(28)2)17-21-9-5-3-6-10-21;1-2/h3-14,18,27H,15-17H2,1-2H3;1-2H. The summed E-state index contributed by atoms with van der Waals surface area (Å²) in [7, 11) is 0. The molecule has 4 nitrogen and oxygen atoms in total. The van der Waals surface area contributed by atoms with Crippen molar-refractivity contribution in [2.45, 2.75) is 33.1 Å². The maximum atomic E-state index is 13.1. The zero-order chi connectivity index (χ0) is 22.9. The molecule has 2 heterocycles. The van der Waals surface area contributed by atoms with Crippen LogP contribution in [0, 0.1) is 19.8 Å². The molecule has 1 aliphatic rings. The molecule has 4 heteroatoms. The molecule has 0 radical (unpaired) electrons. The second-order valence-electron chi connectivity index (χ2n) is 7.54. The molecule has 0 bridgehead atoms. The van der Waals surface area contributed by atoms with Crippen molar-refractivity contribution in [1.29, 1.82) is 0 Å². The Hall–Kier alpha value is -3.97. The van der Waals surface area contributed by atoms with E-state index in [0.717, 1.165) is 40.6 Å². The predicted octanol–water partition coefficient (Wildman–Crippen LogP) is 5.67. The third-order valence-electron chi connectivity index (χ3n) is 5.30. The number of rotatable bonds is 6. The quantitative estimate of drug-likeness (QED) is 0.518. The van der Waals surface area contributed by atoms with Crippen molar-refractivity contribution in [2.24, 2.45) is 0 Å². The van der Waals surface area contributed by atoms with Crippen LogP contribution in [-0.4, -0.2) is 10.8 Å². The number of carbonyl (C=O) groups is 1. The first kappa shape index (κ1) is 22.7. The highest BCUT2D eigenvalue weighted by Gasteiger charge is 2.23. The fourth-order valence-corrected chi connectivity index (χ4v) is 3.62. The van der Waals surface area contributed by atoms with Gasteiger partial charge < -0.3 is 9.73 Å². The van der Waals surface area contributed by atoms with E-state index in [1.807, 2.05) is 80.7 Å². The largest absolute Gasteiger partial charge is 0.466 e. The molecule has 1 amide bonds. The minimum atomic E-state index is 0.0574. The molecular weight excluding hydrogens is 396 g/mol. The molecule has 0 unspecified atom stereocenters. The Balaban J connectivity index is 0.00000141. The number of hydrogen-bond donors (Lipinski definition) is 1. The third kappa shape index (κ3) is 5.59. The lowest BCUT2D eigenvalue weighted by Crippen LogP contribution is -2.33. The number of furan rings is 1. The zero-order valence-corrected chi connectivity index (χ0v) is 18.5. The van der Waals surface area contributed by atoms with Crippen LogP contribution in [0.2, 0.25) is 0 Å². The number of nitrogens with zero attached hydrogens (tertiary/aromatic N) is 1. The van der Waals surface area contributed by atoms with Gasteiger partial charge in [0.1, 0.15) is 11.5 Å². The van der Waals surface area contributed by atoms with Gasteiger partial charge in [0, 0.05) is 36.9 Å². The molecular formula is C28H28N2O2. The van der Waals surface area contributed by atoms with Gasteiger partial charge in [0.15, 0.2) is 0 Å². The number of allylic oxidation sites excluding steroid dienone is 2. The molecule has 0 saturated heterocycles. The van der Waals surface area contributed by atoms with E-state index in [2.05, 4.69) is 30.3 Å². The van der Waals surface area contributed by atoms with Crippen LogP contribution in [0.4, 0.5) is 0 Å². The first-order chi connectivity index (χ1) is 15.6. The van der Waals surface area contributed by atoms with Crippen molar-refractivity contribution < 1.29 is 9.21 Å². The number of nitrogens with one attached hydrogen (secondary N) is 1. The van der Waals surface area contributed by atoms with E-state index in [9.17, 15) is 4.79 Å². The van der Waals surface area contributed by atoms with E-state index in [-0.39, 0.29) is 5.91 Å². The number of hydrogen-bond acceptors (Lipinski definition) is 3. The van der Waals surface area contributed by atoms with Crippen LogP contribution < -0.4 is 5.32 Å². The molecule has 4 rings (SSSR count). The molecule has 2 aromatic carbocycles. The Labute approximate surface area is 190 Å². The van der Waals surface area contributed by atoms with Crippen LogP contribution in [0.1, 0.15) is 36.0 Å². The van der Waals surface area contributed by atoms with E-state index >= 15 is 0 Å². The second kappa shape index (κ2) is 10.9. The van der Waals surface area contributed by atoms with Crippen LogP contribution in [-0.2, 0) is 17.6 Å². The maximum absolute atomic E-state index is 13.1. The number of carbonyl (C=O) groups excluding carboxylic acids is 1. The molecule has 0 fully saturated rings. The number of terminal acetylenes is 1. The van der Waals surface area contributed by atoms with Crippen LogP contribution in [0.15, 0.2) is 94.8 Å². The van der Waals surface area contributed by atoms with Gasteiger partial charge in [-0.3, -0.25) is 9.69 Å². The Bertz CT molecular complexity index is 1120. The van der Waals surface area contributed by atoms with Gasteiger partial charge in [0.25, 0.3) is 0 Å². The van der Waals surface area contributed by atoms with Crippen molar-refractivity contribution >= 4 is 11.6 Å². The van der Waals surface area contributed by atoms with E-state index in [4.69, 9.17) is 4.42 Å². The van der Waals surface area contributed by atoms with Crippen molar-refractivity contribution in [2.75, 3.05) is 0 Å². The number of aryl methyl sites for hydroxylation is 2. The number of amides is 1. The van der Waals surface area contributed by atoms with Crippen LogP contribution in [0.5, 0.6) is 0 Å². The monoisotopic (exact) mass is 424 g/mol. The smallest absolute Gasteiger partial charge is 0.231 e. The van der Waals surface area contributed by atoms with Gasteiger partial charge in [-0.25, -0.2) is 0 Å². The fourth-order valence-electron chi connectivity index (χ4n) is 3.62. The van der Waals surface area contributed by atoms with Crippen LogP contribution in [0.25, 0.3) is 5.70 Å². The molecule has 3 aromatic rings. The SMILES string of the molecule is C#C.CC1=C(Cc2ccccc2)NC(c2ccccc2)=CN1C(=O)CCc1ccc(C)o1. The summed E-state index contributed by atoms with van der Waals surface area (Å²) in [6.45, 7) is 3.91. The van der Waals surface area contributed by atoms with Gasteiger partial charge in [0.05, 0.1) is 5.70 Å². The predicted molar refractivity (Wildman–Crippen MR) is 129 cm³/mol. The Morgan fingerprint density at radius 1 is 0.938 bits per heavy atom. The molecule has 0 spiro atoms. The Morgan fingerprint density at radius 3 is 2.22 bits per heavy atom. The molecule has 162 valence electrons. The maximum Gasteiger partial charge on any atom is 0.231 e. The third-order valence-corrected chi connectivity index (χ3v) is 5.30. The number of benzene rings is 2. The minimum Gasteiger partial charge on any atom is -0.466 e. The molecule has 0 atom stereocenters. The lowest BCUT2D eigenvalue weighted by molar-refractivity contribution is -0.127. The summed E-state index contributed by atoms with van der Waals surface area (Å²) in [4.78, 5) is 14.9. The summed E-state index contributed by atoms with van der Waals surface area (Å²) >= 11 is 0. The molecule has 32 heavy (non-hydrogen) atoms. The van der Waals surface area contributed by atoms with Crippen molar-refractivity contribution in [3.8, 4) is 12.8 Å². The van der Waals surface area contributed by atoms with Crippen LogP contribution >= 0.6 is 0 Å². The second-order valence-corrected chi connectivity index (χ2v) is 7.54. The van der Waals surface area contributed by atoms with Gasteiger partial charge in [-0.2, -0.15) is 0 Å². The summed E-state index contributed by atoms with van der Waals surface area (Å²) < 4.78 is 5.63. The van der Waals surface area contributed by atoms with Gasteiger partial charge in [-0.05, 0) is 37.1 Å². The molecule has 0 saturated carbocycles. The van der Waals surface area contributed by atoms with E-state index in [0.29, 0.717) is 12.8 Å². The van der Waals surface area contributed by atoms with Gasteiger partial charge in [0.2, 0.25) is 5.91 Å². The molecule has 0 aliphatic carbocycles. The van der Waals surface area contributed by atoms with E-state index in [1.54, 1.807) is 4.90 Å². The zero-order valence-electron chi connectivity index (χ0n) is 18.5. The lowest BCUT2D eigenvalue weighted by Gasteiger charge is -2.30. The minimum absolute atomic E-state index is 0.0574. The molecule has 1 aromatic heterocycles. The summed E-state index contributed by atoms with van der Waals surface area (Å²) in [5.74, 6) is 1.77. The lowest BCUT2D eigenvalue weighted by atomic mass is 10.0. The topological polar surface area (TPSA) is 45.5 Å². The summed E-state index contributed by atoms with van der Waals surface area (Å²) in [6.07, 6.45) is 11.6. The van der Waals surface area contributed by atoms with E-state index in [1.165, 1.54) is 5.56 Å². The van der Waals surface area contributed by atoms with Crippen molar-refractivity contribution in [3.05, 3.63) is 113 Å². The Morgan fingerprint density at radius 2 is 1.59 bits per heavy atom. The summed E-state index contributed by atoms with van der Waals surface area (Å²) in [5.41, 5.74) is 5.14. The fraction of sp³-hybridized carbons (Fsp3) is 0.179. The highest BCUT2D eigenvalue weighted by Crippen LogP contribution is 2.26. The van der Waals surface area contributed by atoms with Crippen LogP contribution in [0.3, 0.4) is 0 Å². The average molecular weight is 425 g/mol. The first-order valence-corrected chi connectivity index (χ1v) is 10.6. The van der Waals surface area contributed by atoms with Gasteiger partial charge in [-0.1, -0.05) is 60.7 Å². The Kier molecular flexibility index (Phi) is 7.72. The molecule has 1 aliphatic heterocycles. The summed E-state index contributed by atoms with van der Waals surface area (Å²) in [6, 6.07) is 24.3. The van der Waals surface area contributed by atoms with Crippen molar-refractivity contribution in [1.82, 2.24) is 10.2 Å². The molecule has 1 N–H and O–H groups in total. The normalized spacial score (nSPS) is 13.0. The average Bonchev–Trinajstić information content (AvgIpc) is 3.26. The first-order valence-electron chi connectivity index (χ1n) is 10.6. The van der Waals surface area contributed by atoms with Gasteiger partial charge >= 0.3 is 0 Å². The summed E-state index contributed by atoms with van der Waals surface area (Å²) in [5, 5.41) is 3.56.